The van der Waals surface area contributed by atoms with E-state index in [1.54, 1.807) is 23.9 Å². The average molecular weight is 333 g/mol. The fraction of sp³-hybridized carbons (Fsp3) is 0.278. The van der Waals surface area contributed by atoms with Gasteiger partial charge in [-0.3, -0.25) is 4.79 Å². The van der Waals surface area contributed by atoms with E-state index < -0.39 is 0 Å². The van der Waals surface area contributed by atoms with Gasteiger partial charge in [-0.25, -0.2) is 4.39 Å². The van der Waals surface area contributed by atoms with E-state index in [2.05, 4.69) is 17.4 Å². The van der Waals surface area contributed by atoms with Gasteiger partial charge in [-0.1, -0.05) is 30.3 Å². The fourth-order valence-corrected chi connectivity index (χ4v) is 3.02. The standard InChI is InChI=1S/C18H21FN2OS/c1-21(13-15-7-9-16(19)10-8-15)14-18(22)20-11-12-23-17-5-3-2-4-6-17/h2-10H,11-14H2,1H3,(H,20,22)/p+1. The van der Waals surface area contributed by atoms with Crippen molar-refractivity contribution in [2.24, 2.45) is 0 Å². The summed E-state index contributed by atoms with van der Waals surface area (Å²) >= 11 is 1.73. The van der Waals surface area contributed by atoms with Crippen molar-refractivity contribution in [1.29, 1.82) is 0 Å². The summed E-state index contributed by atoms with van der Waals surface area (Å²) in [5.41, 5.74) is 1.02. The Kier molecular flexibility index (Phi) is 7.10. The predicted octanol–water partition coefficient (Wildman–Crippen LogP) is 1.75. The second-order valence-corrected chi connectivity index (χ2v) is 6.62. The van der Waals surface area contributed by atoms with Gasteiger partial charge in [0.25, 0.3) is 5.91 Å². The van der Waals surface area contributed by atoms with Gasteiger partial charge in [-0.15, -0.1) is 11.8 Å². The SMILES string of the molecule is C[NH+](CC(=O)NCCSc1ccccc1)Cc1ccc(F)cc1. The first-order valence-corrected chi connectivity index (χ1v) is 8.62. The summed E-state index contributed by atoms with van der Waals surface area (Å²) in [6.07, 6.45) is 0. The number of hydrogen-bond donors (Lipinski definition) is 2. The van der Waals surface area contributed by atoms with Gasteiger partial charge in [0, 0.05) is 22.8 Å². The maximum atomic E-state index is 12.9. The molecule has 0 aliphatic carbocycles. The number of thioether (sulfide) groups is 1. The summed E-state index contributed by atoms with van der Waals surface area (Å²) < 4.78 is 12.9. The van der Waals surface area contributed by atoms with Crippen molar-refractivity contribution in [3.63, 3.8) is 0 Å². The molecular formula is C18H22FN2OS+. The van der Waals surface area contributed by atoms with E-state index in [0.717, 1.165) is 16.2 Å². The van der Waals surface area contributed by atoms with Gasteiger partial charge in [0.1, 0.15) is 12.4 Å². The lowest BCUT2D eigenvalue weighted by Crippen LogP contribution is -3.08. The molecule has 3 nitrogen and oxygen atoms in total. The lowest BCUT2D eigenvalue weighted by Gasteiger charge is -2.14. The third-order valence-corrected chi connectivity index (χ3v) is 4.33. The number of rotatable bonds is 8. The first-order chi connectivity index (χ1) is 11.1. The van der Waals surface area contributed by atoms with Crippen LogP contribution in [0.1, 0.15) is 5.56 Å². The molecule has 2 aromatic rings. The lowest BCUT2D eigenvalue weighted by molar-refractivity contribution is -0.885. The van der Waals surface area contributed by atoms with Gasteiger partial charge < -0.3 is 10.2 Å². The number of likely N-dealkylation sites (N-methyl/N-ethyl adjacent to an activating group) is 1. The summed E-state index contributed by atoms with van der Waals surface area (Å²) in [5, 5.41) is 2.94. The minimum Gasteiger partial charge on any atom is -0.350 e. The van der Waals surface area contributed by atoms with Crippen molar-refractivity contribution in [2.45, 2.75) is 11.4 Å². The fourth-order valence-electron chi connectivity index (χ4n) is 2.23. The summed E-state index contributed by atoms with van der Waals surface area (Å²) in [6, 6.07) is 16.5. The molecule has 0 aromatic heterocycles. The van der Waals surface area contributed by atoms with Gasteiger partial charge in [0.15, 0.2) is 6.54 Å². The minimum absolute atomic E-state index is 0.0401. The van der Waals surface area contributed by atoms with Gasteiger partial charge in [0.05, 0.1) is 7.05 Å². The van der Waals surface area contributed by atoms with Crippen LogP contribution < -0.4 is 10.2 Å². The number of halogens is 1. The smallest absolute Gasteiger partial charge is 0.275 e. The number of hydrogen-bond acceptors (Lipinski definition) is 2. The van der Waals surface area contributed by atoms with Crippen molar-refractivity contribution >= 4 is 17.7 Å². The van der Waals surface area contributed by atoms with Crippen LogP contribution >= 0.6 is 11.8 Å². The number of nitrogens with one attached hydrogen (secondary N) is 2. The number of amides is 1. The molecular weight excluding hydrogens is 311 g/mol. The monoisotopic (exact) mass is 333 g/mol. The Morgan fingerprint density at radius 3 is 2.52 bits per heavy atom. The van der Waals surface area contributed by atoms with Gasteiger partial charge in [0.2, 0.25) is 0 Å². The van der Waals surface area contributed by atoms with Crippen molar-refractivity contribution in [2.75, 3.05) is 25.9 Å². The molecule has 0 fully saturated rings. The second-order valence-electron chi connectivity index (χ2n) is 5.45. The Balaban J connectivity index is 1.63. The van der Waals surface area contributed by atoms with Crippen LogP contribution in [0.3, 0.4) is 0 Å². The van der Waals surface area contributed by atoms with Crippen molar-refractivity contribution in [1.82, 2.24) is 5.32 Å². The number of carbonyl (C=O) groups excluding carboxylic acids is 1. The van der Waals surface area contributed by atoms with Gasteiger partial charge >= 0.3 is 0 Å². The maximum Gasteiger partial charge on any atom is 0.275 e. The van der Waals surface area contributed by atoms with Crippen LogP contribution in [0.2, 0.25) is 0 Å². The molecule has 0 radical (unpaired) electrons. The van der Waals surface area contributed by atoms with Gasteiger partial charge in [-0.05, 0) is 24.3 Å². The van der Waals surface area contributed by atoms with Crippen molar-refractivity contribution < 1.29 is 14.1 Å². The molecule has 1 unspecified atom stereocenters. The van der Waals surface area contributed by atoms with E-state index in [1.807, 2.05) is 25.2 Å². The molecule has 0 bridgehead atoms. The minimum atomic E-state index is -0.236. The van der Waals surface area contributed by atoms with Crippen LogP contribution in [0.25, 0.3) is 0 Å². The molecule has 0 aliphatic heterocycles. The molecule has 0 heterocycles. The highest BCUT2D eigenvalue weighted by Gasteiger charge is 2.10. The Morgan fingerprint density at radius 2 is 1.83 bits per heavy atom. The largest absolute Gasteiger partial charge is 0.350 e. The molecule has 1 atom stereocenters. The molecule has 5 heteroatoms. The highest BCUT2D eigenvalue weighted by atomic mass is 32.2. The van der Waals surface area contributed by atoms with E-state index in [4.69, 9.17) is 0 Å². The van der Waals surface area contributed by atoms with Crippen LogP contribution in [0.15, 0.2) is 59.5 Å². The van der Waals surface area contributed by atoms with Crippen LogP contribution in [0.4, 0.5) is 4.39 Å². The molecule has 0 saturated heterocycles. The molecule has 0 spiro atoms. The molecule has 0 saturated carbocycles. The second kappa shape index (κ2) is 9.33. The quantitative estimate of drug-likeness (QED) is 0.570. The van der Waals surface area contributed by atoms with Crippen LogP contribution in [-0.4, -0.2) is 31.8 Å². The van der Waals surface area contributed by atoms with E-state index in [9.17, 15) is 9.18 Å². The summed E-state index contributed by atoms with van der Waals surface area (Å²) in [6.45, 7) is 1.77. The van der Waals surface area contributed by atoms with Gasteiger partial charge in [-0.2, -0.15) is 0 Å². The van der Waals surface area contributed by atoms with Crippen LogP contribution in [0.5, 0.6) is 0 Å². The zero-order valence-electron chi connectivity index (χ0n) is 13.2. The first kappa shape index (κ1) is 17.5. The predicted molar refractivity (Wildman–Crippen MR) is 92.0 cm³/mol. The van der Waals surface area contributed by atoms with E-state index in [0.29, 0.717) is 19.6 Å². The first-order valence-electron chi connectivity index (χ1n) is 7.64. The Morgan fingerprint density at radius 1 is 1.13 bits per heavy atom. The van der Waals surface area contributed by atoms with Crippen LogP contribution in [-0.2, 0) is 11.3 Å². The highest BCUT2D eigenvalue weighted by Crippen LogP contribution is 2.15. The lowest BCUT2D eigenvalue weighted by atomic mass is 10.2. The van der Waals surface area contributed by atoms with Crippen LogP contribution in [0, 0.1) is 5.82 Å². The topological polar surface area (TPSA) is 33.5 Å². The molecule has 0 aliphatic rings. The number of carbonyl (C=O) groups is 1. The van der Waals surface area contributed by atoms with E-state index >= 15 is 0 Å². The molecule has 122 valence electrons. The highest BCUT2D eigenvalue weighted by molar-refractivity contribution is 7.99. The molecule has 23 heavy (non-hydrogen) atoms. The van der Waals surface area contributed by atoms with E-state index in [1.165, 1.54) is 17.0 Å². The normalized spacial score (nSPS) is 11.9. The zero-order chi connectivity index (χ0) is 16.5. The maximum absolute atomic E-state index is 12.9. The molecule has 2 aromatic carbocycles. The van der Waals surface area contributed by atoms with Crippen molar-refractivity contribution in [3.8, 4) is 0 Å². The third-order valence-electron chi connectivity index (χ3n) is 3.32. The Bertz CT molecular complexity index is 604. The Labute approximate surface area is 140 Å². The molecule has 2 rings (SSSR count). The molecule has 2 N–H and O–H groups in total. The number of benzene rings is 2. The summed E-state index contributed by atoms with van der Waals surface area (Å²) in [5.74, 6) is 0.658. The summed E-state index contributed by atoms with van der Waals surface area (Å²) in [7, 11) is 1.96. The molecule has 1 amide bonds. The number of quaternary nitrogens is 1. The average Bonchev–Trinajstić information content (AvgIpc) is 2.55. The zero-order valence-corrected chi connectivity index (χ0v) is 14.0. The summed E-state index contributed by atoms with van der Waals surface area (Å²) in [4.78, 5) is 14.2. The van der Waals surface area contributed by atoms with E-state index in [-0.39, 0.29) is 11.7 Å². The van der Waals surface area contributed by atoms with Crippen molar-refractivity contribution in [3.05, 3.63) is 66.0 Å². The Hall–Kier alpha value is -1.85. The third kappa shape index (κ3) is 6.84.